The van der Waals surface area contributed by atoms with E-state index in [1.54, 1.807) is 6.33 Å². The van der Waals surface area contributed by atoms with Crippen LogP contribution in [0, 0.1) is 0 Å². The Kier molecular flexibility index (Phi) is 3.04. The van der Waals surface area contributed by atoms with E-state index < -0.39 is 0 Å². The number of anilines is 2. The van der Waals surface area contributed by atoms with Gasteiger partial charge in [-0.1, -0.05) is 0 Å². The third-order valence-electron chi connectivity index (χ3n) is 3.01. The molecule has 15 heavy (non-hydrogen) atoms. The fourth-order valence-corrected chi connectivity index (χ4v) is 2.08. The fraction of sp³-hybridized carbons (Fsp3) is 0.636. The van der Waals surface area contributed by atoms with Crippen molar-refractivity contribution in [1.29, 1.82) is 0 Å². The van der Waals surface area contributed by atoms with Gasteiger partial charge in [-0.25, -0.2) is 9.97 Å². The van der Waals surface area contributed by atoms with E-state index in [9.17, 15) is 0 Å². The summed E-state index contributed by atoms with van der Waals surface area (Å²) in [6.45, 7) is 3.38. The first-order chi connectivity index (χ1) is 7.31. The van der Waals surface area contributed by atoms with Gasteiger partial charge in [0.1, 0.15) is 18.0 Å². The van der Waals surface area contributed by atoms with E-state index in [1.807, 2.05) is 13.1 Å². The summed E-state index contributed by atoms with van der Waals surface area (Å²) >= 11 is 0. The molecule has 1 aromatic heterocycles. The number of hydrogen-bond acceptors (Lipinski definition) is 4. The predicted molar refractivity (Wildman–Crippen MR) is 62.2 cm³/mol. The van der Waals surface area contributed by atoms with Crippen molar-refractivity contribution in [3.05, 3.63) is 12.4 Å². The lowest BCUT2D eigenvalue weighted by Gasteiger charge is -2.34. The van der Waals surface area contributed by atoms with Crippen molar-refractivity contribution in [3.63, 3.8) is 0 Å². The van der Waals surface area contributed by atoms with Crippen LogP contribution >= 0.6 is 0 Å². The molecule has 2 heterocycles. The molecule has 4 heteroatoms. The SMILES string of the molecule is CNc1cc(N2CCCC[C@@H]2C)ncn1. The molecule has 4 nitrogen and oxygen atoms in total. The second-order valence-electron chi connectivity index (χ2n) is 4.05. The Labute approximate surface area is 90.7 Å². The predicted octanol–water partition coefficient (Wildman–Crippen LogP) is 1.90. The Bertz CT molecular complexity index is 326. The van der Waals surface area contributed by atoms with Gasteiger partial charge in [-0.2, -0.15) is 0 Å². The first-order valence-corrected chi connectivity index (χ1v) is 5.57. The molecular formula is C11H18N4. The summed E-state index contributed by atoms with van der Waals surface area (Å²) in [5, 5.41) is 3.04. The molecule has 0 bridgehead atoms. The molecule has 1 N–H and O–H groups in total. The van der Waals surface area contributed by atoms with E-state index in [1.165, 1.54) is 19.3 Å². The maximum absolute atomic E-state index is 4.34. The van der Waals surface area contributed by atoms with Gasteiger partial charge in [-0.05, 0) is 26.2 Å². The van der Waals surface area contributed by atoms with Gasteiger partial charge in [-0.15, -0.1) is 0 Å². The Morgan fingerprint density at radius 3 is 3.00 bits per heavy atom. The normalized spacial score (nSPS) is 21.5. The van der Waals surface area contributed by atoms with Crippen molar-refractivity contribution in [1.82, 2.24) is 9.97 Å². The van der Waals surface area contributed by atoms with Gasteiger partial charge in [0.2, 0.25) is 0 Å². The van der Waals surface area contributed by atoms with Gasteiger partial charge in [-0.3, -0.25) is 0 Å². The van der Waals surface area contributed by atoms with Crippen LogP contribution in [-0.2, 0) is 0 Å². The van der Waals surface area contributed by atoms with Crippen LogP contribution in [0.5, 0.6) is 0 Å². The van der Waals surface area contributed by atoms with Gasteiger partial charge in [0.15, 0.2) is 0 Å². The van der Waals surface area contributed by atoms with Crippen LogP contribution in [0.15, 0.2) is 12.4 Å². The quantitative estimate of drug-likeness (QED) is 0.802. The molecule has 0 unspecified atom stereocenters. The summed E-state index contributed by atoms with van der Waals surface area (Å²) in [5.74, 6) is 1.93. The highest BCUT2D eigenvalue weighted by Crippen LogP contribution is 2.23. The van der Waals surface area contributed by atoms with Crippen molar-refractivity contribution in [2.45, 2.75) is 32.2 Å². The molecule has 1 aromatic rings. The monoisotopic (exact) mass is 206 g/mol. The molecule has 0 amide bonds. The number of aromatic nitrogens is 2. The summed E-state index contributed by atoms with van der Waals surface area (Å²) in [6, 6.07) is 2.61. The van der Waals surface area contributed by atoms with Gasteiger partial charge in [0, 0.05) is 25.7 Å². The third kappa shape index (κ3) is 2.19. The van der Waals surface area contributed by atoms with E-state index in [0.29, 0.717) is 6.04 Å². The van der Waals surface area contributed by atoms with Gasteiger partial charge in [0.25, 0.3) is 0 Å². The van der Waals surface area contributed by atoms with Crippen LogP contribution in [0.2, 0.25) is 0 Å². The van der Waals surface area contributed by atoms with E-state index in [0.717, 1.165) is 18.2 Å². The number of hydrogen-bond donors (Lipinski definition) is 1. The largest absolute Gasteiger partial charge is 0.373 e. The number of piperidine rings is 1. The standard InChI is InChI=1S/C11H18N4/c1-9-5-3-4-6-15(9)11-7-10(12-2)13-8-14-11/h7-9H,3-6H2,1-2H3,(H,12,13,14)/t9-/m0/s1. The minimum atomic E-state index is 0.596. The molecule has 82 valence electrons. The second-order valence-corrected chi connectivity index (χ2v) is 4.05. The zero-order valence-corrected chi connectivity index (χ0v) is 9.40. The van der Waals surface area contributed by atoms with E-state index in [4.69, 9.17) is 0 Å². The number of rotatable bonds is 2. The Morgan fingerprint density at radius 2 is 2.27 bits per heavy atom. The molecule has 0 spiro atoms. The minimum Gasteiger partial charge on any atom is -0.373 e. The lowest BCUT2D eigenvalue weighted by Crippen LogP contribution is -2.38. The highest BCUT2D eigenvalue weighted by molar-refractivity contribution is 5.48. The maximum Gasteiger partial charge on any atom is 0.134 e. The zero-order chi connectivity index (χ0) is 10.7. The third-order valence-corrected chi connectivity index (χ3v) is 3.01. The first-order valence-electron chi connectivity index (χ1n) is 5.57. The van der Waals surface area contributed by atoms with Crippen molar-refractivity contribution in [2.75, 3.05) is 23.8 Å². The molecule has 0 aliphatic carbocycles. The first kappa shape index (κ1) is 10.2. The van der Waals surface area contributed by atoms with Crippen LogP contribution in [0.3, 0.4) is 0 Å². The Hall–Kier alpha value is -1.32. The highest BCUT2D eigenvalue weighted by Gasteiger charge is 2.19. The Balaban J connectivity index is 2.19. The van der Waals surface area contributed by atoms with Crippen molar-refractivity contribution in [2.24, 2.45) is 0 Å². The summed E-state index contributed by atoms with van der Waals surface area (Å²) in [5.41, 5.74) is 0. The molecule has 0 radical (unpaired) electrons. The molecule has 0 aromatic carbocycles. The zero-order valence-electron chi connectivity index (χ0n) is 9.40. The molecule has 0 saturated carbocycles. The highest BCUT2D eigenvalue weighted by atomic mass is 15.2. The topological polar surface area (TPSA) is 41.0 Å². The van der Waals surface area contributed by atoms with Crippen LogP contribution in [0.25, 0.3) is 0 Å². The molecule has 1 aliphatic rings. The minimum absolute atomic E-state index is 0.596. The van der Waals surface area contributed by atoms with Crippen molar-refractivity contribution < 1.29 is 0 Å². The van der Waals surface area contributed by atoms with Crippen molar-refractivity contribution >= 4 is 11.6 Å². The van der Waals surface area contributed by atoms with Crippen LogP contribution < -0.4 is 10.2 Å². The van der Waals surface area contributed by atoms with E-state index in [2.05, 4.69) is 27.1 Å². The summed E-state index contributed by atoms with van der Waals surface area (Å²) in [7, 11) is 1.88. The lowest BCUT2D eigenvalue weighted by molar-refractivity contribution is 0.481. The maximum atomic E-state index is 4.34. The van der Waals surface area contributed by atoms with Crippen LogP contribution in [0.1, 0.15) is 26.2 Å². The van der Waals surface area contributed by atoms with Crippen molar-refractivity contribution in [3.8, 4) is 0 Å². The van der Waals surface area contributed by atoms with E-state index in [-0.39, 0.29) is 0 Å². The average molecular weight is 206 g/mol. The lowest BCUT2D eigenvalue weighted by atomic mass is 10.0. The van der Waals surface area contributed by atoms with Crippen LogP contribution in [0.4, 0.5) is 11.6 Å². The molecular weight excluding hydrogens is 188 g/mol. The molecule has 1 fully saturated rings. The average Bonchev–Trinajstić information content (AvgIpc) is 2.30. The number of nitrogens with one attached hydrogen (secondary N) is 1. The number of nitrogens with zero attached hydrogens (tertiary/aromatic N) is 3. The molecule has 1 saturated heterocycles. The van der Waals surface area contributed by atoms with E-state index >= 15 is 0 Å². The summed E-state index contributed by atoms with van der Waals surface area (Å²) < 4.78 is 0. The fourth-order valence-electron chi connectivity index (χ4n) is 2.08. The second kappa shape index (κ2) is 4.47. The molecule has 1 aliphatic heterocycles. The summed E-state index contributed by atoms with van der Waals surface area (Å²) in [6.07, 6.45) is 5.49. The molecule has 1 atom stereocenters. The van der Waals surface area contributed by atoms with Gasteiger partial charge < -0.3 is 10.2 Å². The van der Waals surface area contributed by atoms with Gasteiger partial charge in [0.05, 0.1) is 0 Å². The smallest absolute Gasteiger partial charge is 0.134 e. The van der Waals surface area contributed by atoms with Crippen LogP contribution in [-0.4, -0.2) is 29.6 Å². The summed E-state index contributed by atoms with van der Waals surface area (Å²) in [4.78, 5) is 10.8. The molecule has 2 rings (SSSR count). The van der Waals surface area contributed by atoms with Gasteiger partial charge >= 0.3 is 0 Å². The Morgan fingerprint density at radius 1 is 1.40 bits per heavy atom.